The van der Waals surface area contributed by atoms with Crippen molar-refractivity contribution in [2.45, 2.75) is 35.2 Å². The highest BCUT2D eigenvalue weighted by Gasteiger charge is 2.30. The molecule has 0 bridgehead atoms. The molecule has 3 aromatic rings. The lowest BCUT2D eigenvalue weighted by Gasteiger charge is -2.22. The molecule has 2 N–H and O–H groups in total. The SMILES string of the molecule is O=C(CN(Cc1ccc(F)cc1)S(=O)(=O)c1ccc(S(=O)(=O)NC2CC2)cc1)Nc1ccccc1. The Morgan fingerprint density at radius 2 is 1.46 bits per heavy atom. The van der Waals surface area contributed by atoms with Gasteiger partial charge in [0.25, 0.3) is 0 Å². The van der Waals surface area contributed by atoms with E-state index in [0.717, 1.165) is 17.1 Å². The van der Waals surface area contributed by atoms with Crippen LogP contribution in [0, 0.1) is 5.82 Å². The Kier molecular flexibility index (Phi) is 7.31. The van der Waals surface area contributed by atoms with Gasteiger partial charge in [-0.3, -0.25) is 4.79 Å². The van der Waals surface area contributed by atoms with Gasteiger partial charge in [0.15, 0.2) is 0 Å². The monoisotopic (exact) mass is 517 g/mol. The van der Waals surface area contributed by atoms with Gasteiger partial charge in [-0.15, -0.1) is 0 Å². The lowest BCUT2D eigenvalue weighted by molar-refractivity contribution is -0.116. The summed E-state index contributed by atoms with van der Waals surface area (Å²) in [7, 11) is -7.95. The minimum Gasteiger partial charge on any atom is -0.325 e. The van der Waals surface area contributed by atoms with Crippen molar-refractivity contribution in [2.24, 2.45) is 0 Å². The molecule has 0 saturated heterocycles. The first-order valence-electron chi connectivity index (χ1n) is 10.9. The molecule has 3 aromatic carbocycles. The molecular formula is C24H24FN3O5S2. The summed E-state index contributed by atoms with van der Waals surface area (Å²) in [6, 6.07) is 18.6. The van der Waals surface area contributed by atoms with Crippen LogP contribution in [-0.4, -0.2) is 39.6 Å². The van der Waals surface area contributed by atoms with Gasteiger partial charge in [-0.25, -0.2) is 25.9 Å². The van der Waals surface area contributed by atoms with Crippen LogP contribution in [0.5, 0.6) is 0 Å². The quantitative estimate of drug-likeness (QED) is 0.429. The fraction of sp³-hybridized carbons (Fsp3) is 0.208. The van der Waals surface area contributed by atoms with E-state index in [4.69, 9.17) is 0 Å². The van der Waals surface area contributed by atoms with Crippen LogP contribution in [0.15, 0.2) is 88.7 Å². The van der Waals surface area contributed by atoms with Crippen LogP contribution in [0.1, 0.15) is 18.4 Å². The second-order valence-corrected chi connectivity index (χ2v) is 11.8. The Morgan fingerprint density at radius 3 is 2.06 bits per heavy atom. The van der Waals surface area contributed by atoms with Crippen molar-refractivity contribution in [3.8, 4) is 0 Å². The number of nitrogens with zero attached hydrogens (tertiary/aromatic N) is 1. The highest BCUT2D eigenvalue weighted by Crippen LogP contribution is 2.24. The minimum absolute atomic E-state index is 0.0461. The second kappa shape index (κ2) is 10.2. The molecule has 0 aromatic heterocycles. The molecular weight excluding hydrogens is 493 g/mol. The summed E-state index contributed by atoms with van der Waals surface area (Å²) in [6.07, 6.45) is 1.55. The van der Waals surface area contributed by atoms with E-state index >= 15 is 0 Å². The van der Waals surface area contributed by atoms with E-state index in [0.29, 0.717) is 11.3 Å². The van der Waals surface area contributed by atoms with Gasteiger partial charge in [-0.2, -0.15) is 4.31 Å². The summed E-state index contributed by atoms with van der Waals surface area (Å²) in [6.45, 7) is -0.688. The van der Waals surface area contributed by atoms with Crippen molar-refractivity contribution in [3.05, 3.63) is 90.2 Å². The molecule has 35 heavy (non-hydrogen) atoms. The number of hydrogen-bond donors (Lipinski definition) is 2. The smallest absolute Gasteiger partial charge is 0.243 e. The van der Waals surface area contributed by atoms with E-state index in [1.165, 1.54) is 48.5 Å². The van der Waals surface area contributed by atoms with Gasteiger partial charge in [0.1, 0.15) is 5.82 Å². The van der Waals surface area contributed by atoms with Crippen molar-refractivity contribution < 1.29 is 26.0 Å². The third-order valence-electron chi connectivity index (χ3n) is 5.32. The van der Waals surface area contributed by atoms with E-state index in [2.05, 4.69) is 10.0 Å². The Hall–Kier alpha value is -3.12. The van der Waals surface area contributed by atoms with E-state index < -0.39 is 38.3 Å². The molecule has 11 heteroatoms. The molecule has 1 aliphatic carbocycles. The van der Waals surface area contributed by atoms with Crippen molar-refractivity contribution in [1.82, 2.24) is 9.03 Å². The lowest BCUT2D eigenvalue weighted by Crippen LogP contribution is -2.37. The predicted octanol–water partition coefficient (Wildman–Crippen LogP) is 3.10. The normalized spacial score (nSPS) is 14.1. The van der Waals surface area contributed by atoms with E-state index in [1.54, 1.807) is 30.3 Å². The summed E-state index contributed by atoms with van der Waals surface area (Å²) in [5.74, 6) is -1.03. The number of nitrogens with one attached hydrogen (secondary N) is 2. The first kappa shape index (κ1) is 25.0. The first-order valence-corrected chi connectivity index (χ1v) is 13.8. The Balaban J connectivity index is 1.58. The number of amides is 1. The second-order valence-electron chi connectivity index (χ2n) is 8.18. The molecule has 0 heterocycles. The van der Waals surface area contributed by atoms with Crippen LogP contribution in [0.2, 0.25) is 0 Å². The largest absolute Gasteiger partial charge is 0.325 e. The van der Waals surface area contributed by atoms with Gasteiger partial charge in [-0.05, 0) is 66.9 Å². The zero-order chi connectivity index (χ0) is 25.1. The van der Waals surface area contributed by atoms with Gasteiger partial charge in [0, 0.05) is 18.3 Å². The van der Waals surface area contributed by atoms with Gasteiger partial charge < -0.3 is 5.32 Å². The molecule has 0 radical (unpaired) electrons. The summed E-state index contributed by atoms with van der Waals surface area (Å²) in [5, 5.41) is 2.65. The lowest BCUT2D eigenvalue weighted by atomic mass is 10.2. The molecule has 0 aliphatic heterocycles. The number of anilines is 1. The molecule has 1 fully saturated rings. The maximum atomic E-state index is 13.4. The number of carbonyl (C=O) groups is 1. The predicted molar refractivity (Wildman–Crippen MR) is 129 cm³/mol. The van der Waals surface area contributed by atoms with Crippen LogP contribution in [-0.2, 0) is 31.4 Å². The fourth-order valence-corrected chi connectivity index (χ4v) is 6.02. The summed E-state index contributed by atoms with van der Waals surface area (Å²) >= 11 is 0. The zero-order valence-corrected chi connectivity index (χ0v) is 20.2. The zero-order valence-electron chi connectivity index (χ0n) is 18.6. The van der Waals surface area contributed by atoms with Crippen molar-refractivity contribution >= 4 is 31.6 Å². The van der Waals surface area contributed by atoms with Crippen LogP contribution < -0.4 is 10.0 Å². The Labute approximate surface area is 203 Å². The molecule has 1 saturated carbocycles. The van der Waals surface area contributed by atoms with Crippen LogP contribution >= 0.6 is 0 Å². The molecule has 1 aliphatic rings. The van der Waals surface area contributed by atoms with Gasteiger partial charge in [-0.1, -0.05) is 30.3 Å². The summed E-state index contributed by atoms with van der Waals surface area (Å²) in [4.78, 5) is 12.5. The average Bonchev–Trinajstić information content (AvgIpc) is 3.64. The molecule has 0 spiro atoms. The fourth-order valence-electron chi connectivity index (χ4n) is 3.33. The van der Waals surface area contributed by atoms with Crippen LogP contribution in [0.25, 0.3) is 0 Å². The van der Waals surface area contributed by atoms with Crippen LogP contribution in [0.3, 0.4) is 0 Å². The summed E-state index contributed by atoms with van der Waals surface area (Å²) < 4.78 is 68.6. The third kappa shape index (κ3) is 6.51. The first-order chi connectivity index (χ1) is 16.6. The molecule has 0 atom stereocenters. The molecule has 0 unspecified atom stereocenters. The molecule has 184 valence electrons. The summed E-state index contributed by atoms with van der Waals surface area (Å²) in [5.41, 5.74) is 0.990. The Bertz CT molecular complexity index is 1390. The number of para-hydroxylation sites is 1. The number of hydrogen-bond acceptors (Lipinski definition) is 5. The number of sulfonamides is 2. The topological polar surface area (TPSA) is 113 Å². The molecule has 8 nitrogen and oxygen atoms in total. The number of halogens is 1. The standard InChI is InChI=1S/C24H24FN3O5S2/c25-19-8-6-18(7-9-19)16-28(17-24(29)26-20-4-2-1-3-5-20)35(32,33)23-14-12-22(13-15-23)34(30,31)27-21-10-11-21/h1-9,12-15,21,27H,10-11,16-17H2,(H,26,29). The van der Waals surface area contributed by atoms with Crippen molar-refractivity contribution in [1.29, 1.82) is 0 Å². The minimum atomic E-state index is -4.21. The van der Waals surface area contributed by atoms with Gasteiger partial charge >= 0.3 is 0 Å². The maximum Gasteiger partial charge on any atom is 0.243 e. The van der Waals surface area contributed by atoms with E-state index in [-0.39, 0.29) is 22.4 Å². The number of benzene rings is 3. The molecule has 4 rings (SSSR count). The third-order valence-corrected chi connectivity index (χ3v) is 8.66. The van der Waals surface area contributed by atoms with E-state index in [1.807, 2.05) is 0 Å². The van der Waals surface area contributed by atoms with Crippen molar-refractivity contribution in [2.75, 3.05) is 11.9 Å². The highest BCUT2D eigenvalue weighted by molar-refractivity contribution is 7.89. The molecule has 1 amide bonds. The van der Waals surface area contributed by atoms with Crippen LogP contribution in [0.4, 0.5) is 10.1 Å². The highest BCUT2D eigenvalue weighted by atomic mass is 32.2. The maximum absolute atomic E-state index is 13.4. The van der Waals surface area contributed by atoms with Gasteiger partial charge in [0.05, 0.1) is 16.3 Å². The Morgan fingerprint density at radius 1 is 0.857 bits per heavy atom. The number of rotatable bonds is 10. The number of carbonyl (C=O) groups excluding carboxylic acids is 1. The van der Waals surface area contributed by atoms with Crippen molar-refractivity contribution in [3.63, 3.8) is 0 Å². The average molecular weight is 518 g/mol. The van der Waals surface area contributed by atoms with Gasteiger partial charge in [0.2, 0.25) is 26.0 Å². The van der Waals surface area contributed by atoms with E-state index in [9.17, 15) is 26.0 Å².